The van der Waals surface area contributed by atoms with Crippen molar-refractivity contribution in [3.05, 3.63) is 93.5 Å². The normalized spacial score (nSPS) is 11.9. The van der Waals surface area contributed by atoms with Crippen molar-refractivity contribution in [1.29, 1.82) is 0 Å². The number of anilines is 2. The molecule has 8 heteroatoms. The molecule has 0 aliphatic carbocycles. The van der Waals surface area contributed by atoms with Gasteiger partial charge in [-0.3, -0.25) is 9.59 Å². The Kier molecular flexibility index (Phi) is 8.59. The molecule has 1 amide bonds. The second-order valence-electron chi connectivity index (χ2n) is 8.79. The van der Waals surface area contributed by atoms with Gasteiger partial charge in [-0.25, -0.2) is 8.78 Å². The fraction of sp³-hybridized carbons (Fsp3) is 0.259. The van der Waals surface area contributed by atoms with Crippen molar-refractivity contribution < 1.29 is 23.5 Å². The van der Waals surface area contributed by atoms with Crippen LogP contribution in [0.25, 0.3) is 0 Å². The number of rotatable bonds is 9. The fourth-order valence-corrected chi connectivity index (χ4v) is 3.96. The Labute approximate surface area is 208 Å². The molecule has 0 radical (unpaired) electrons. The van der Waals surface area contributed by atoms with Crippen molar-refractivity contribution in [1.82, 2.24) is 5.32 Å². The molecular formula is C27H27ClF2N2O3. The van der Waals surface area contributed by atoms with Crippen molar-refractivity contribution in [3.8, 4) is 0 Å². The van der Waals surface area contributed by atoms with E-state index in [2.05, 4.69) is 10.6 Å². The first-order valence-corrected chi connectivity index (χ1v) is 11.6. The van der Waals surface area contributed by atoms with Crippen LogP contribution in [-0.4, -0.2) is 29.4 Å². The predicted molar refractivity (Wildman–Crippen MR) is 133 cm³/mol. The molecule has 5 nitrogen and oxygen atoms in total. The van der Waals surface area contributed by atoms with E-state index in [1.807, 2.05) is 13.8 Å². The summed E-state index contributed by atoms with van der Waals surface area (Å²) < 4.78 is 27.1. The molecule has 1 unspecified atom stereocenters. The Morgan fingerprint density at radius 2 is 1.74 bits per heavy atom. The second-order valence-corrected chi connectivity index (χ2v) is 9.19. The van der Waals surface area contributed by atoms with Crippen molar-refractivity contribution in [3.63, 3.8) is 0 Å². The summed E-state index contributed by atoms with van der Waals surface area (Å²) in [6.07, 6.45) is 0.623. The molecule has 0 heterocycles. The van der Waals surface area contributed by atoms with Crippen molar-refractivity contribution in [2.24, 2.45) is 5.92 Å². The van der Waals surface area contributed by atoms with E-state index in [0.29, 0.717) is 34.7 Å². The molecule has 3 aromatic carbocycles. The third-order valence-electron chi connectivity index (χ3n) is 5.48. The standard InChI is InChI=1S/C27H27ClF2N2O3/c1-15(2)10-20(14-33)32-27(35)17-5-4-16(3)22(11-17)26(34)21-8-7-19(13-23(21)28)31-25-9-6-18(29)12-24(25)30/h4-9,11-13,15,20,31,33H,10,14H2,1-3H3,(H,32,35). The van der Waals surface area contributed by atoms with Gasteiger partial charge in [0.05, 0.1) is 23.4 Å². The summed E-state index contributed by atoms with van der Waals surface area (Å²) in [6.45, 7) is 5.57. The largest absolute Gasteiger partial charge is 0.394 e. The van der Waals surface area contributed by atoms with Gasteiger partial charge in [0.15, 0.2) is 5.78 Å². The molecule has 0 saturated carbocycles. The SMILES string of the molecule is Cc1ccc(C(=O)NC(CO)CC(C)C)cc1C(=O)c1ccc(Nc2ccc(F)cc2F)cc1Cl. The molecule has 3 N–H and O–H groups in total. The zero-order chi connectivity index (χ0) is 25.7. The lowest BCUT2D eigenvalue weighted by molar-refractivity contribution is 0.0908. The Morgan fingerprint density at radius 3 is 2.37 bits per heavy atom. The highest BCUT2D eigenvalue weighted by molar-refractivity contribution is 6.35. The highest BCUT2D eigenvalue weighted by atomic mass is 35.5. The van der Waals surface area contributed by atoms with E-state index < -0.39 is 11.6 Å². The highest BCUT2D eigenvalue weighted by Gasteiger charge is 2.20. The molecule has 0 aliphatic rings. The maximum Gasteiger partial charge on any atom is 0.251 e. The van der Waals surface area contributed by atoms with Crippen LogP contribution in [0.15, 0.2) is 54.6 Å². The number of carbonyl (C=O) groups excluding carboxylic acids is 2. The highest BCUT2D eigenvalue weighted by Crippen LogP contribution is 2.28. The molecule has 35 heavy (non-hydrogen) atoms. The van der Waals surface area contributed by atoms with Gasteiger partial charge in [-0.15, -0.1) is 0 Å². The van der Waals surface area contributed by atoms with Crippen molar-refractivity contribution in [2.75, 3.05) is 11.9 Å². The first-order chi connectivity index (χ1) is 16.6. The van der Waals surface area contributed by atoms with E-state index in [1.54, 1.807) is 25.1 Å². The summed E-state index contributed by atoms with van der Waals surface area (Å²) in [4.78, 5) is 26.0. The third kappa shape index (κ3) is 6.65. The lowest BCUT2D eigenvalue weighted by Gasteiger charge is -2.18. The summed E-state index contributed by atoms with van der Waals surface area (Å²) in [5.74, 6) is -1.91. The molecule has 0 saturated heterocycles. The van der Waals surface area contributed by atoms with Gasteiger partial charge in [0.25, 0.3) is 5.91 Å². The summed E-state index contributed by atoms with van der Waals surface area (Å²) in [7, 11) is 0. The summed E-state index contributed by atoms with van der Waals surface area (Å²) in [5, 5.41) is 15.3. The van der Waals surface area contributed by atoms with E-state index in [-0.39, 0.29) is 40.6 Å². The van der Waals surface area contributed by atoms with Crippen LogP contribution in [0.3, 0.4) is 0 Å². The average molecular weight is 501 g/mol. The molecule has 0 aliphatic heterocycles. The Bertz CT molecular complexity index is 1250. The van der Waals surface area contributed by atoms with Crippen molar-refractivity contribution in [2.45, 2.75) is 33.2 Å². The number of nitrogens with one attached hydrogen (secondary N) is 2. The Morgan fingerprint density at radius 1 is 1.00 bits per heavy atom. The number of carbonyl (C=O) groups is 2. The topological polar surface area (TPSA) is 78.4 Å². The number of hydrogen-bond donors (Lipinski definition) is 3. The first-order valence-electron chi connectivity index (χ1n) is 11.2. The van der Waals surface area contributed by atoms with E-state index >= 15 is 0 Å². The molecule has 0 spiro atoms. The maximum atomic E-state index is 13.9. The molecule has 3 aromatic rings. The van der Waals surface area contributed by atoms with Crippen LogP contribution < -0.4 is 10.6 Å². The van der Waals surface area contributed by atoms with Gasteiger partial charge in [-0.2, -0.15) is 0 Å². The van der Waals surface area contributed by atoms with Crippen LogP contribution in [0.1, 0.15) is 52.1 Å². The molecule has 184 valence electrons. The third-order valence-corrected chi connectivity index (χ3v) is 5.79. The number of hydrogen-bond acceptors (Lipinski definition) is 4. The molecule has 0 fully saturated rings. The van der Waals surface area contributed by atoms with E-state index in [4.69, 9.17) is 11.6 Å². The Hall–Kier alpha value is -3.29. The molecule has 1 atom stereocenters. The minimum absolute atomic E-state index is 0.0646. The van der Waals surface area contributed by atoms with Gasteiger partial charge in [0.1, 0.15) is 11.6 Å². The zero-order valence-corrected chi connectivity index (χ0v) is 20.4. The number of ketones is 1. The smallest absolute Gasteiger partial charge is 0.251 e. The number of aryl methyl sites for hydroxylation is 1. The number of benzene rings is 3. The number of halogens is 3. The van der Waals surface area contributed by atoms with Crippen LogP contribution >= 0.6 is 11.6 Å². The van der Waals surface area contributed by atoms with Gasteiger partial charge in [-0.05, 0) is 67.3 Å². The first kappa shape index (κ1) is 26.3. The van der Waals surface area contributed by atoms with Gasteiger partial charge in [-0.1, -0.05) is 31.5 Å². The Balaban J connectivity index is 1.82. The maximum absolute atomic E-state index is 13.9. The summed E-state index contributed by atoms with van der Waals surface area (Å²) in [6, 6.07) is 12.1. The zero-order valence-electron chi connectivity index (χ0n) is 19.7. The minimum Gasteiger partial charge on any atom is -0.394 e. The van der Waals surface area contributed by atoms with Crippen LogP contribution in [0.2, 0.25) is 5.02 Å². The quantitative estimate of drug-likeness (QED) is 0.313. The van der Waals surface area contributed by atoms with Gasteiger partial charge >= 0.3 is 0 Å². The van der Waals surface area contributed by atoms with Crippen LogP contribution in [-0.2, 0) is 0 Å². The summed E-state index contributed by atoms with van der Waals surface area (Å²) in [5.41, 5.74) is 1.97. The van der Waals surface area contributed by atoms with Crippen LogP contribution in [0, 0.1) is 24.5 Å². The van der Waals surface area contributed by atoms with Crippen molar-refractivity contribution >= 4 is 34.7 Å². The van der Waals surface area contributed by atoms with Gasteiger partial charge in [0.2, 0.25) is 0 Å². The second kappa shape index (κ2) is 11.4. The number of aliphatic hydroxyl groups excluding tert-OH is 1. The number of amides is 1. The van der Waals surface area contributed by atoms with Gasteiger partial charge < -0.3 is 15.7 Å². The molecular weight excluding hydrogens is 474 g/mol. The monoisotopic (exact) mass is 500 g/mol. The molecule has 0 aromatic heterocycles. The van der Waals surface area contributed by atoms with Crippen LogP contribution in [0.5, 0.6) is 0 Å². The summed E-state index contributed by atoms with van der Waals surface area (Å²) >= 11 is 6.37. The van der Waals surface area contributed by atoms with E-state index in [0.717, 1.165) is 12.1 Å². The average Bonchev–Trinajstić information content (AvgIpc) is 2.80. The predicted octanol–water partition coefficient (Wildman–Crippen LogP) is 6.04. The molecule has 0 bridgehead atoms. The van der Waals surface area contributed by atoms with E-state index in [9.17, 15) is 23.5 Å². The molecule has 3 rings (SSSR count). The number of aliphatic hydroxyl groups is 1. The van der Waals surface area contributed by atoms with Crippen LogP contribution in [0.4, 0.5) is 20.2 Å². The van der Waals surface area contributed by atoms with Gasteiger partial charge in [0, 0.05) is 28.4 Å². The fourth-order valence-electron chi connectivity index (χ4n) is 3.69. The van der Waals surface area contributed by atoms with E-state index in [1.165, 1.54) is 24.3 Å². The lowest BCUT2D eigenvalue weighted by Crippen LogP contribution is -2.38. The lowest BCUT2D eigenvalue weighted by atomic mass is 9.96. The minimum atomic E-state index is -0.760.